The number of benzene rings is 1. The fourth-order valence-electron chi connectivity index (χ4n) is 4.44. The fraction of sp³-hybridized carbons (Fsp3) is 0.500. The summed E-state index contributed by atoms with van der Waals surface area (Å²) in [5, 5.41) is 13.5. The summed E-state index contributed by atoms with van der Waals surface area (Å²) in [6.45, 7) is 1.12. The van der Waals surface area contributed by atoms with Crippen molar-refractivity contribution in [2.45, 2.75) is 37.1 Å². The van der Waals surface area contributed by atoms with Crippen molar-refractivity contribution in [2.24, 2.45) is 5.92 Å². The minimum atomic E-state index is 0.289. The Kier molecular flexibility index (Phi) is 2.13. The second-order valence-electron chi connectivity index (χ2n) is 6.00. The van der Waals surface area contributed by atoms with Crippen LogP contribution in [-0.2, 0) is 11.8 Å². The third-order valence-corrected chi connectivity index (χ3v) is 5.22. The zero-order chi connectivity index (χ0) is 12.2. The molecule has 0 aromatic heterocycles. The van der Waals surface area contributed by atoms with E-state index in [0.29, 0.717) is 17.7 Å². The topological polar surface area (TPSA) is 32.3 Å². The van der Waals surface area contributed by atoms with Gasteiger partial charge >= 0.3 is 0 Å². The van der Waals surface area contributed by atoms with E-state index in [0.717, 1.165) is 13.0 Å². The number of nitrogens with one attached hydrogen (secondary N) is 1. The molecule has 3 aliphatic rings. The standard InChI is InChI=1S/C16H19NO/c18-12-5-4-11-9-15-13-3-1-2-6-16(13,7-8-17-15)14(11)10-12/h1,3-5,10,13,15,17-18H,2,6-9H2/t13-,15+,16+/m0/s1. The lowest BCUT2D eigenvalue weighted by atomic mass is 9.54. The van der Waals surface area contributed by atoms with Crippen LogP contribution in [0.4, 0.5) is 0 Å². The number of piperidine rings is 1. The second-order valence-corrected chi connectivity index (χ2v) is 6.00. The summed E-state index contributed by atoms with van der Waals surface area (Å²) in [4.78, 5) is 0. The maximum absolute atomic E-state index is 9.84. The zero-order valence-corrected chi connectivity index (χ0v) is 10.5. The molecule has 0 radical (unpaired) electrons. The van der Waals surface area contributed by atoms with E-state index in [1.807, 2.05) is 12.1 Å². The first-order valence-electron chi connectivity index (χ1n) is 7.02. The highest BCUT2D eigenvalue weighted by atomic mass is 16.3. The van der Waals surface area contributed by atoms with Crippen molar-refractivity contribution < 1.29 is 5.11 Å². The summed E-state index contributed by atoms with van der Waals surface area (Å²) in [6, 6.07) is 6.58. The van der Waals surface area contributed by atoms with Crippen LogP contribution in [0.2, 0.25) is 0 Å². The molecule has 2 heteroatoms. The summed E-state index contributed by atoms with van der Waals surface area (Å²) < 4.78 is 0. The van der Waals surface area contributed by atoms with E-state index in [1.54, 1.807) is 0 Å². The largest absolute Gasteiger partial charge is 0.508 e. The number of aromatic hydroxyl groups is 1. The van der Waals surface area contributed by atoms with Gasteiger partial charge in [0.05, 0.1) is 0 Å². The lowest BCUT2D eigenvalue weighted by Crippen LogP contribution is -2.58. The predicted molar refractivity (Wildman–Crippen MR) is 71.8 cm³/mol. The summed E-state index contributed by atoms with van der Waals surface area (Å²) in [7, 11) is 0. The molecule has 1 aliphatic heterocycles. The van der Waals surface area contributed by atoms with Crippen molar-refractivity contribution in [3.05, 3.63) is 41.5 Å². The smallest absolute Gasteiger partial charge is 0.115 e. The lowest BCUT2D eigenvalue weighted by molar-refractivity contribution is 0.146. The minimum Gasteiger partial charge on any atom is -0.508 e. The first-order valence-corrected chi connectivity index (χ1v) is 7.02. The third kappa shape index (κ3) is 1.27. The van der Waals surface area contributed by atoms with Crippen molar-refractivity contribution >= 4 is 0 Å². The molecule has 1 fully saturated rings. The fourth-order valence-corrected chi connectivity index (χ4v) is 4.44. The number of rotatable bonds is 0. The van der Waals surface area contributed by atoms with Gasteiger partial charge in [0.25, 0.3) is 0 Å². The van der Waals surface area contributed by atoms with Gasteiger partial charge in [-0.15, -0.1) is 0 Å². The Bertz CT molecular complexity index is 522. The van der Waals surface area contributed by atoms with Crippen LogP contribution in [0.3, 0.4) is 0 Å². The van der Waals surface area contributed by atoms with E-state index in [4.69, 9.17) is 0 Å². The Labute approximate surface area is 108 Å². The van der Waals surface area contributed by atoms with E-state index in [-0.39, 0.29) is 5.41 Å². The summed E-state index contributed by atoms with van der Waals surface area (Å²) in [5.41, 5.74) is 3.16. The first kappa shape index (κ1) is 10.6. The normalized spacial score (nSPS) is 36.9. The molecule has 3 atom stereocenters. The van der Waals surface area contributed by atoms with E-state index >= 15 is 0 Å². The SMILES string of the molecule is Oc1ccc2c(c1)[C@@]13CCC=C[C@H]1[C@@H](C2)NCC3. The van der Waals surface area contributed by atoms with E-state index in [2.05, 4.69) is 23.5 Å². The quantitative estimate of drug-likeness (QED) is 0.684. The van der Waals surface area contributed by atoms with Crippen LogP contribution in [-0.4, -0.2) is 17.7 Å². The average Bonchev–Trinajstić information content (AvgIpc) is 2.40. The first-order chi connectivity index (χ1) is 8.79. The highest BCUT2D eigenvalue weighted by Crippen LogP contribution is 2.52. The molecular weight excluding hydrogens is 222 g/mol. The van der Waals surface area contributed by atoms with Crippen molar-refractivity contribution in [3.63, 3.8) is 0 Å². The molecule has 2 aliphatic carbocycles. The van der Waals surface area contributed by atoms with Gasteiger partial charge in [-0.1, -0.05) is 18.2 Å². The maximum Gasteiger partial charge on any atom is 0.115 e. The molecule has 0 saturated carbocycles. The van der Waals surface area contributed by atoms with Gasteiger partial charge in [0.1, 0.15) is 5.75 Å². The number of fused-ring (bicyclic) bond motifs is 1. The van der Waals surface area contributed by atoms with Crippen molar-refractivity contribution in [3.8, 4) is 5.75 Å². The Hall–Kier alpha value is -1.28. The monoisotopic (exact) mass is 241 g/mol. The molecule has 2 N–H and O–H groups in total. The molecule has 1 saturated heterocycles. The van der Waals surface area contributed by atoms with Gasteiger partial charge < -0.3 is 10.4 Å². The molecular formula is C16H19NO. The number of phenolic OH excluding ortho intramolecular Hbond substituents is 1. The molecule has 0 amide bonds. The number of hydrogen-bond donors (Lipinski definition) is 2. The van der Waals surface area contributed by atoms with Crippen LogP contribution in [0.5, 0.6) is 5.75 Å². The minimum absolute atomic E-state index is 0.289. The van der Waals surface area contributed by atoms with E-state index in [1.165, 1.54) is 30.4 Å². The van der Waals surface area contributed by atoms with Crippen LogP contribution in [0, 0.1) is 5.92 Å². The average molecular weight is 241 g/mol. The van der Waals surface area contributed by atoms with Crippen molar-refractivity contribution in [2.75, 3.05) is 6.54 Å². The van der Waals surface area contributed by atoms with E-state index < -0.39 is 0 Å². The molecule has 1 heterocycles. The van der Waals surface area contributed by atoms with E-state index in [9.17, 15) is 5.11 Å². The van der Waals surface area contributed by atoms with Gasteiger partial charge in [0.15, 0.2) is 0 Å². The highest BCUT2D eigenvalue weighted by molar-refractivity contribution is 5.46. The van der Waals surface area contributed by atoms with Crippen LogP contribution < -0.4 is 5.32 Å². The van der Waals surface area contributed by atoms with Crippen LogP contribution >= 0.6 is 0 Å². The van der Waals surface area contributed by atoms with Gasteiger partial charge in [-0.25, -0.2) is 0 Å². The van der Waals surface area contributed by atoms with Gasteiger partial charge in [-0.2, -0.15) is 0 Å². The molecule has 1 aromatic rings. The highest BCUT2D eigenvalue weighted by Gasteiger charge is 2.50. The summed E-state index contributed by atoms with van der Waals surface area (Å²) in [5.74, 6) is 1.04. The Morgan fingerprint density at radius 3 is 3.17 bits per heavy atom. The molecule has 0 spiro atoms. The predicted octanol–water partition coefficient (Wildman–Crippen LogP) is 2.51. The van der Waals surface area contributed by atoms with Gasteiger partial charge in [-0.05, 0) is 55.5 Å². The van der Waals surface area contributed by atoms with Crippen LogP contribution in [0.1, 0.15) is 30.4 Å². The lowest BCUT2D eigenvalue weighted by Gasteiger charge is -2.54. The summed E-state index contributed by atoms with van der Waals surface area (Å²) in [6.07, 6.45) is 9.49. The van der Waals surface area contributed by atoms with Gasteiger partial charge in [0.2, 0.25) is 0 Å². The van der Waals surface area contributed by atoms with Crippen molar-refractivity contribution in [1.82, 2.24) is 5.32 Å². The second kappa shape index (κ2) is 3.61. The molecule has 4 rings (SSSR count). The Morgan fingerprint density at radius 1 is 1.28 bits per heavy atom. The molecule has 1 aromatic carbocycles. The summed E-state index contributed by atoms with van der Waals surface area (Å²) >= 11 is 0. The maximum atomic E-state index is 9.84. The van der Waals surface area contributed by atoms with Gasteiger partial charge in [0, 0.05) is 17.4 Å². The van der Waals surface area contributed by atoms with Crippen LogP contribution in [0.25, 0.3) is 0 Å². The number of phenols is 1. The van der Waals surface area contributed by atoms with Crippen LogP contribution in [0.15, 0.2) is 30.4 Å². The third-order valence-electron chi connectivity index (χ3n) is 5.22. The molecule has 0 unspecified atom stereocenters. The molecule has 18 heavy (non-hydrogen) atoms. The number of hydrogen-bond acceptors (Lipinski definition) is 2. The molecule has 94 valence electrons. The molecule has 2 nitrogen and oxygen atoms in total. The zero-order valence-electron chi connectivity index (χ0n) is 10.5. The molecule has 2 bridgehead atoms. The Balaban J connectivity index is 1.95. The van der Waals surface area contributed by atoms with Crippen molar-refractivity contribution in [1.29, 1.82) is 0 Å². The Morgan fingerprint density at radius 2 is 2.22 bits per heavy atom. The number of allylic oxidation sites excluding steroid dienone is 1. The van der Waals surface area contributed by atoms with Gasteiger partial charge in [-0.3, -0.25) is 0 Å².